The van der Waals surface area contributed by atoms with Crippen LogP contribution in [0, 0.1) is 11.6 Å². The molecule has 0 radical (unpaired) electrons. The summed E-state index contributed by atoms with van der Waals surface area (Å²) in [5.74, 6) is -1.86. The quantitative estimate of drug-likeness (QED) is 0.887. The van der Waals surface area contributed by atoms with E-state index in [2.05, 4.69) is 10.0 Å². The molecule has 118 valence electrons. The van der Waals surface area contributed by atoms with Crippen LogP contribution in [0.15, 0.2) is 42.5 Å². The van der Waals surface area contributed by atoms with Crippen molar-refractivity contribution in [3.63, 3.8) is 0 Å². The first-order chi connectivity index (χ1) is 10.3. The lowest BCUT2D eigenvalue weighted by molar-refractivity contribution is 0.509. The van der Waals surface area contributed by atoms with E-state index in [1.807, 2.05) is 0 Å². The third-order valence-corrected chi connectivity index (χ3v) is 4.28. The van der Waals surface area contributed by atoms with Gasteiger partial charge in [-0.15, -0.1) is 0 Å². The fourth-order valence-electron chi connectivity index (χ4n) is 1.60. The summed E-state index contributed by atoms with van der Waals surface area (Å²) in [6.45, 7) is 0. The molecule has 5 nitrogen and oxygen atoms in total. The largest absolute Gasteiger partial charge is 0.355 e. The van der Waals surface area contributed by atoms with Crippen LogP contribution in [0.5, 0.6) is 0 Å². The second kappa shape index (κ2) is 6.29. The van der Waals surface area contributed by atoms with Gasteiger partial charge in [-0.05, 0) is 36.4 Å². The van der Waals surface area contributed by atoms with Crippen molar-refractivity contribution in [2.24, 2.45) is 0 Å². The van der Waals surface area contributed by atoms with Crippen LogP contribution in [0.25, 0.3) is 0 Å². The summed E-state index contributed by atoms with van der Waals surface area (Å²) in [6.07, 6.45) is 0. The van der Waals surface area contributed by atoms with E-state index in [-0.39, 0.29) is 0 Å². The van der Waals surface area contributed by atoms with Gasteiger partial charge in [0.1, 0.15) is 0 Å². The van der Waals surface area contributed by atoms with Crippen LogP contribution in [0.2, 0.25) is 0 Å². The number of nitrogens with zero attached hydrogens (tertiary/aromatic N) is 1. The summed E-state index contributed by atoms with van der Waals surface area (Å²) < 4.78 is 52.7. The van der Waals surface area contributed by atoms with Crippen molar-refractivity contribution in [3.8, 4) is 0 Å². The number of hydrogen-bond acceptors (Lipinski definition) is 3. The summed E-state index contributed by atoms with van der Waals surface area (Å²) in [7, 11) is -0.726. The normalized spacial score (nSPS) is 11.5. The fourth-order valence-corrected chi connectivity index (χ4v) is 2.22. The second-order valence-electron chi connectivity index (χ2n) is 4.72. The van der Waals surface area contributed by atoms with Gasteiger partial charge in [-0.2, -0.15) is 12.7 Å². The van der Waals surface area contributed by atoms with Crippen LogP contribution in [-0.2, 0) is 10.2 Å². The van der Waals surface area contributed by atoms with Gasteiger partial charge in [0.25, 0.3) is 0 Å². The first-order valence-electron chi connectivity index (χ1n) is 6.30. The van der Waals surface area contributed by atoms with E-state index < -0.39 is 21.8 Å². The highest BCUT2D eigenvalue weighted by molar-refractivity contribution is 7.90. The highest BCUT2D eigenvalue weighted by Crippen LogP contribution is 2.21. The van der Waals surface area contributed by atoms with Gasteiger partial charge in [-0.3, -0.25) is 4.72 Å². The summed E-state index contributed by atoms with van der Waals surface area (Å²) >= 11 is 0. The molecule has 0 unspecified atom stereocenters. The molecular weight excluding hydrogens is 312 g/mol. The smallest absolute Gasteiger partial charge is 0.301 e. The van der Waals surface area contributed by atoms with Crippen LogP contribution >= 0.6 is 0 Å². The molecule has 2 N–H and O–H groups in total. The topological polar surface area (TPSA) is 61.4 Å². The minimum atomic E-state index is -3.56. The van der Waals surface area contributed by atoms with Crippen LogP contribution in [0.1, 0.15) is 0 Å². The molecule has 0 aromatic heterocycles. The van der Waals surface area contributed by atoms with Crippen molar-refractivity contribution in [3.05, 3.63) is 54.1 Å². The van der Waals surface area contributed by atoms with Crippen LogP contribution in [-0.4, -0.2) is 26.8 Å². The lowest BCUT2D eigenvalue weighted by Crippen LogP contribution is -2.28. The molecule has 2 aromatic carbocycles. The van der Waals surface area contributed by atoms with Crippen molar-refractivity contribution in [1.29, 1.82) is 0 Å². The van der Waals surface area contributed by atoms with E-state index in [0.717, 1.165) is 16.4 Å². The first kappa shape index (κ1) is 16.2. The molecule has 0 fully saturated rings. The molecule has 0 atom stereocenters. The number of benzene rings is 2. The highest BCUT2D eigenvalue weighted by atomic mass is 32.2. The van der Waals surface area contributed by atoms with Gasteiger partial charge in [0.2, 0.25) is 0 Å². The van der Waals surface area contributed by atoms with Gasteiger partial charge in [-0.1, -0.05) is 0 Å². The zero-order valence-electron chi connectivity index (χ0n) is 12.0. The van der Waals surface area contributed by atoms with Gasteiger partial charge in [-0.25, -0.2) is 8.78 Å². The molecule has 0 spiro atoms. The van der Waals surface area contributed by atoms with Crippen molar-refractivity contribution < 1.29 is 17.2 Å². The maximum atomic E-state index is 13.1. The molecule has 0 saturated heterocycles. The predicted octanol–water partition coefficient (Wildman–Crippen LogP) is 2.93. The fraction of sp³-hybridized carbons (Fsp3) is 0.143. The third kappa shape index (κ3) is 3.92. The maximum Gasteiger partial charge on any atom is 0.301 e. The Bertz CT molecular complexity index is 762. The van der Waals surface area contributed by atoms with Gasteiger partial charge in [0.05, 0.1) is 0 Å². The first-order valence-corrected chi connectivity index (χ1v) is 7.74. The Labute approximate surface area is 127 Å². The molecule has 0 aliphatic carbocycles. The van der Waals surface area contributed by atoms with E-state index in [1.165, 1.54) is 20.2 Å². The van der Waals surface area contributed by atoms with Crippen molar-refractivity contribution in [2.75, 3.05) is 24.1 Å². The second-order valence-corrected chi connectivity index (χ2v) is 6.61. The van der Waals surface area contributed by atoms with Gasteiger partial charge < -0.3 is 5.32 Å². The molecule has 0 bridgehead atoms. The van der Waals surface area contributed by atoms with Crippen LogP contribution in [0.3, 0.4) is 0 Å². The molecule has 2 rings (SSSR count). The molecular formula is C14H15F2N3O2S. The molecule has 0 saturated carbocycles. The van der Waals surface area contributed by atoms with Crippen LogP contribution in [0.4, 0.5) is 25.8 Å². The van der Waals surface area contributed by atoms with E-state index in [0.29, 0.717) is 17.1 Å². The minimum absolute atomic E-state index is 0.389. The SMILES string of the molecule is CN(C)S(=O)(=O)Nc1ccc(Nc2ccc(F)c(F)c2)cc1. The molecule has 8 heteroatoms. The van der Waals surface area contributed by atoms with E-state index >= 15 is 0 Å². The Balaban J connectivity index is 2.10. The van der Waals surface area contributed by atoms with E-state index in [1.54, 1.807) is 24.3 Å². The van der Waals surface area contributed by atoms with Gasteiger partial charge in [0.15, 0.2) is 11.6 Å². The summed E-state index contributed by atoms with van der Waals surface area (Å²) in [4.78, 5) is 0. The Morgan fingerprint density at radius 1 is 0.864 bits per heavy atom. The summed E-state index contributed by atoms with van der Waals surface area (Å²) in [6, 6.07) is 9.83. The van der Waals surface area contributed by atoms with Crippen molar-refractivity contribution in [1.82, 2.24) is 4.31 Å². The number of nitrogens with one attached hydrogen (secondary N) is 2. The van der Waals surface area contributed by atoms with Gasteiger partial charge in [0, 0.05) is 37.2 Å². The Hall–Kier alpha value is -2.19. The third-order valence-electron chi connectivity index (χ3n) is 2.82. The maximum absolute atomic E-state index is 13.1. The Kier molecular flexibility index (Phi) is 4.62. The Morgan fingerprint density at radius 2 is 1.41 bits per heavy atom. The van der Waals surface area contributed by atoms with E-state index in [4.69, 9.17) is 0 Å². The van der Waals surface area contributed by atoms with E-state index in [9.17, 15) is 17.2 Å². The zero-order valence-corrected chi connectivity index (χ0v) is 12.8. The van der Waals surface area contributed by atoms with Crippen molar-refractivity contribution in [2.45, 2.75) is 0 Å². The molecule has 0 aliphatic rings. The number of rotatable bonds is 5. The number of halogens is 2. The highest BCUT2D eigenvalue weighted by Gasteiger charge is 2.12. The summed E-state index contributed by atoms with van der Waals surface area (Å²) in [5, 5.41) is 2.89. The monoisotopic (exact) mass is 327 g/mol. The lowest BCUT2D eigenvalue weighted by Gasteiger charge is -2.14. The Morgan fingerprint density at radius 3 is 1.95 bits per heavy atom. The average molecular weight is 327 g/mol. The zero-order chi connectivity index (χ0) is 16.3. The molecule has 0 amide bonds. The van der Waals surface area contributed by atoms with Gasteiger partial charge >= 0.3 is 10.2 Å². The molecule has 0 aliphatic heterocycles. The number of anilines is 3. The molecule has 0 heterocycles. The predicted molar refractivity (Wildman–Crippen MR) is 82.3 cm³/mol. The van der Waals surface area contributed by atoms with Crippen LogP contribution < -0.4 is 10.0 Å². The summed E-state index contributed by atoms with van der Waals surface area (Å²) in [5.41, 5.74) is 1.39. The molecule has 2 aromatic rings. The average Bonchev–Trinajstić information content (AvgIpc) is 2.44. The molecule has 22 heavy (non-hydrogen) atoms. The minimum Gasteiger partial charge on any atom is -0.355 e. The van der Waals surface area contributed by atoms with Crippen molar-refractivity contribution >= 4 is 27.3 Å². The lowest BCUT2D eigenvalue weighted by atomic mass is 10.2. The number of hydrogen-bond donors (Lipinski definition) is 2. The standard InChI is InChI=1S/C14H15F2N3O2S/c1-19(2)22(20,21)18-11-5-3-10(4-6-11)17-12-7-8-13(15)14(16)9-12/h3-9,17-18H,1-2H3.